The summed E-state index contributed by atoms with van der Waals surface area (Å²) in [6, 6.07) is 3.52. The first-order valence-corrected chi connectivity index (χ1v) is 9.24. The van der Waals surface area contributed by atoms with Crippen LogP contribution in [0.2, 0.25) is 10.0 Å². The molecule has 0 aromatic heterocycles. The summed E-state index contributed by atoms with van der Waals surface area (Å²) in [5, 5.41) is 13.4. The summed E-state index contributed by atoms with van der Waals surface area (Å²) in [7, 11) is 0. The molecule has 2 fully saturated rings. The predicted molar refractivity (Wildman–Crippen MR) is 101 cm³/mol. The van der Waals surface area contributed by atoms with Crippen LogP contribution < -0.4 is 5.32 Å². The highest BCUT2D eigenvalue weighted by molar-refractivity contribution is 6.42. The van der Waals surface area contributed by atoms with Crippen LogP contribution in [0.25, 0.3) is 0 Å². The molecule has 0 saturated carbocycles. The number of hydrogen-bond acceptors (Lipinski definition) is 4. The van der Waals surface area contributed by atoms with E-state index in [9.17, 15) is 14.7 Å². The van der Waals surface area contributed by atoms with E-state index in [0.29, 0.717) is 47.6 Å². The molecule has 2 aliphatic heterocycles. The Kier molecular flexibility index (Phi) is 5.75. The summed E-state index contributed by atoms with van der Waals surface area (Å²) in [6.07, 6.45) is 2.01. The minimum absolute atomic E-state index is 0.0573. The first-order chi connectivity index (χ1) is 12.4. The van der Waals surface area contributed by atoms with E-state index in [2.05, 4.69) is 16.8 Å². The lowest BCUT2D eigenvalue weighted by Gasteiger charge is -2.51. The third kappa shape index (κ3) is 4.14. The SMILES string of the molecule is C=CC(=O)NC1CN(C2CN(C(=O)CCc3cc(Cl)c(Cl)cc3O)C2)C1. The van der Waals surface area contributed by atoms with E-state index in [-0.39, 0.29) is 23.6 Å². The molecule has 3 rings (SSSR count). The average molecular weight is 398 g/mol. The van der Waals surface area contributed by atoms with Gasteiger partial charge in [0.15, 0.2) is 0 Å². The molecule has 0 bridgehead atoms. The van der Waals surface area contributed by atoms with Crippen LogP contribution in [0.5, 0.6) is 5.75 Å². The number of aromatic hydroxyl groups is 1. The highest BCUT2D eigenvalue weighted by Gasteiger charge is 2.40. The number of likely N-dealkylation sites (tertiary alicyclic amines) is 2. The number of nitrogens with zero attached hydrogens (tertiary/aromatic N) is 2. The summed E-state index contributed by atoms with van der Waals surface area (Å²) in [4.78, 5) is 27.6. The van der Waals surface area contributed by atoms with E-state index in [1.807, 2.05) is 4.90 Å². The van der Waals surface area contributed by atoms with Crippen molar-refractivity contribution in [1.82, 2.24) is 15.1 Å². The highest BCUT2D eigenvalue weighted by Crippen LogP contribution is 2.31. The molecule has 0 unspecified atom stereocenters. The van der Waals surface area contributed by atoms with E-state index in [1.165, 1.54) is 12.1 Å². The van der Waals surface area contributed by atoms with Gasteiger partial charge in [0.05, 0.1) is 16.1 Å². The summed E-state index contributed by atoms with van der Waals surface area (Å²) >= 11 is 11.8. The Morgan fingerprint density at radius 2 is 1.88 bits per heavy atom. The minimum atomic E-state index is -0.148. The van der Waals surface area contributed by atoms with Crippen LogP contribution in [0.4, 0.5) is 0 Å². The van der Waals surface area contributed by atoms with Crippen molar-refractivity contribution in [2.24, 2.45) is 0 Å². The molecule has 140 valence electrons. The fourth-order valence-electron chi connectivity index (χ4n) is 3.23. The van der Waals surface area contributed by atoms with Gasteiger partial charge in [-0.05, 0) is 24.1 Å². The second-order valence-corrected chi connectivity index (χ2v) is 7.53. The number of nitrogens with one attached hydrogen (secondary N) is 1. The zero-order valence-electron chi connectivity index (χ0n) is 14.3. The lowest BCUT2D eigenvalue weighted by atomic mass is 9.98. The Morgan fingerprint density at radius 3 is 2.54 bits per heavy atom. The maximum absolute atomic E-state index is 12.3. The predicted octanol–water partition coefficient (Wildman–Crippen LogP) is 1.83. The van der Waals surface area contributed by atoms with Crippen LogP contribution in [0.3, 0.4) is 0 Å². The molecule has 2 saturated heterocycles. The van der Waals surface area contributed by atoms with Gasteiger partial charge in [0.25, 0.3) is 0 Å². The molecule has 8 heteroatoms. The van der Waals surface area contributed by atoms with E-state index in [1.54, 1.807) is 6.07 Å². The molecule has 2 N–H and O–H groups in total. The van der Waals surface area contributed by atoms with Gasteiger partial charge >= 0.3 is 0 Å². The monoisotopic (exact) mass is 397 g/mol. The van der Waals surface area contributed by atoms with Gasteiger partial charge in [-0.2, -0.15) is 0 Å². The van der Waals surface area contributed by atoms with E-state index >= 15 is 0 Å². The topological polar surface area (TPSA) is 72.9 Å². The van der Waals surface area contributed by atoms with Crippen molar-refractivity contribution >= 4 is 35.0 Å². The summed E-state index contributed by atoms with van der Waals surface area (Å²) in [5.41, 5.74) is 0.619. The minimum Gasteiger partial charge on any atom is -0.508 e. The van der Waals surface area contributed by atoms with Crippen molar-refractivity contribution in [3.8, 4) is 5.75 Å². The lowest BCUT2D eigenvalue weighted by molar-refractivity contribution is -0.140. The molecule has 1 aromatic carbocycles. The Hall–Kier alpha value is -1.76. The number of halogens is 2. The van der Waals surface area contributed by atoms with Gasteiger partial charge in [-0.1, -0.05) is 29.8 Å². The average Bonchev–Trinajstić information content (AvgIpc) is 2.52. The van der Waals surface area contributed by atoms with E-state index in [0.717, 1.165) is 13.1 Å². The molecule has 0 spiro atoms. The third-order valence-corrected chi connectivity index (χ3v) is 5.62. The molecule has 2 heterocycles. The number of hydrogen-bond donors (Lipinski definition) is 2. The van der Waals surface area contributed by atoms with Crippen LogP contribution in [-0.4, -0.2) is 65.0 Å². The molecule has 0 atom stereocenters. The lowest BCUT2D eigenvalue weighted by Crippen LogP contribution is -2.70. The third-order valence-electron chi connectivity index (χ3n) is 4.90. The number of aryl methyl sites for hydroxylation is 1. The Labute approximate surface area is 162 Å². The maximum atomic E-state index is 12.3. The highest BCUT2D eigenvalue weighted by atomic mass is 35.5. The van der Waals surface area contributed by atoms with Crippen molar-refractivity contribution in [3.05, 3.63) is 40.4 Å². The quantitative estimate of drug-likeness (QED) is 0.718. The number of phenols is 1. The van der Waals surface area contributed by atoms with Crippen LogP contribution in [-0.2, 0) is 16.0 Å². The molecule has 0 aliphatic carbocycles. The normalized spacial score (nSPS) is 18.2. The van der Waals surface area contributed by atoms with Crippen LogP contribution in [0, 0.1) is 0 Å². The van der Waals surface area contributed by atoms with Crippen LogP contribution in [0.15, 0.2) is 24.8 Å². The Morgan fingerprint density at radius 1 is 1.23 bits per heavy atom. The number of rotatable bonds is 6. The van der Waals surface area contributed by atoms with Gasteiger partial charge < -0.3 is 15.3 Å². The van der Waals surface area contributed by atoms with Gasteiger partial charge in [-0.3, -0.25) is 14.5 Å². The van der Waals surface area contributed by atoms with E-state index in [4.69, 9.17) is 23.2 Å². The molecule has 2 amide bonds. The number of amides is 2. The summed E-state index contributed by atoms with van der Waals surface area (Å²) < 4.78 is 0. The first-order valence-electron chi connectivity index (χ1n) is 8.49. The van der Waals surface area contributed by atoms with Crippen molar-refractivity contribution in [3.63, 3.8) is 0 Å². The number of benzene rings is 1. The second-order valence-electron chi connectivity index (χ2n) is 6.71. The van der Waals surface area contributed by atoms with Gasteiger partial charge in [0, 0.05) is 44.7 Å². The van der Waals surface area contributed by atoms with Gasteiger partial charge in [-0.15, -0.1) is 0 Å². The van der Waals surface area contributed by atoms with Crippen molar-refractivity contribution in [2.75, 3.05) is 26.2 Å². The zero-order valence-corrected chi connectivity index (χ0v) is 15.8. The fourth-order valence-corrected chi connectivity index (χ4v) is 3.57. The van der Waals surface area contributed by atoms with Crippen LogP contribution >= 0.6 is 23.2 Å². The summed E-state index contributed by atoms with van der Waals surface area (Å²) in [5.74, 6) is -0.0312. The van der Waals surface area contributed by atoms with E-state index < -0.39 is 0 Å². The van der Waals surface area contributed by atoms with Gasteiger partial charge in [0.1, 0.15) is 5.75 Å². The van der Waals surface area contributed by atoms with Crippen molar-refractivity contribution in [1.29, 1.82) is 0 Å². The maximum Gasteiger partial charge on any atom is 0.243 e. The summed E-state index contributed by atoms with van der Waals surface area (Å²) in [6.45, 7) is 6.46. The fraction of sp³-hybridized carbons (Fsp3) is 0.444. The number of carbonyl (C=O) groups excluding carboxylic acids is 2. The molecular formula is C18H21Cl2N3O3. The standard InChI is InChI=1S/C18H21Cl2N3O3/c1-2-17(25)21-12-7-22(8-12)13-9-23(10-13)18(26)4-3-11-5-14(19)15(20)6-16(11)24/h2,5-6,12-13,24H,1,3-4,7-10H2,(H,21,25). The molecule has 6 nitrogen and oxygen atoms in total. The molecule has 26 heavy (non-hydrogen) atoms. The molecule has 0 radical (unpaired) electrons. The molecular weight excluding hydrogens is 377 g/mol. The molecule has 1 aromatic rings. The number of phenolic OH excluding ortho intramolecular Hbond substituents is 1. The van der Waals surface area contributed by atoms with Crippen molar-refractivity contribution < 1.29 is 14.7 Å². The first kappa shape index (κ1) is 19.0. The second kappa shape index (κ2) is 7.86. The Balaban J connectivity index is 1.39. The van der Waals surface area contributed by atoms with Gasteiger partial charge in [-0.25, -0.2) is 0 Å². The largest absolute Gasteiger partial charge is 0.508 e. The van der Waals surface area contributed by atoms with Crippen molar-refractivity contribution in [2.45, 2.75) is 24.9 Å². The molecule has 2 aliphatic rings. The van der Waals surface area contributed by atoms with Crippen LogP contribution in [0.1, 0.15) is 12.0 Å². The van der Waals surface area contributed by atoms with Gasteiger partial charge in [0.2, 0.25) is 11.8 Å². The Bertz CT molecular complexity index is 729. The number of carbonyl (C=O) groups is 2. The zero-order chi connectivity index (χ0) is 18.8. The smallest absolute Gasteiger partial charge is 0.243 e.